The third-order valence-electron chi connectivity index (χ3n) is 6.98. The van der Waals surface area contributed by atoms with E-state index in [0.717, 1.165) is 21.0 Å². The zero-order valence-electron chi connectivity index (χ0n) is 24.9. The fraction of sp³-hybridized carbons (Fsp3) is 0.235. The molecule has 0 unspecified atom stereocenters. The van der Waals surface area contributed by atoms with Crippen LogP contribution in [0.5, 0.6) is 11.5 Å². The van der Waals surface area contributed by atoms with Gasteiger partial charge in [-0.15, -0.1) is 0 Å². The highest BCUT2D eigenvalue weighted by molar-refractivity contribution is 7.92. The number of rotatable bonds is 12. The molecule has 9 heteroatoms. The second kappa shape index (κ2) is 14.0. The first-order chi connectivity index (χ1) is 20.6. The first kappa shape index (κ1) is 31.3. The van der Waals surface area contributed by atoms with Gasteiger partial charge in [-0.2, -0.15) is 0 Å². The van der Waals surface area contributed by atoms with Gasteiger partial charge in [0.05, 0.1) is 10.6 Å². The molecule has 0 spiro atoms. The summed E-state index contributed by atoms with van der Waals surface area (Å²) < 4.78 is 35.0. The predicted octanol–water partition coefficient (Wildman–Crippen LogP) is 5.84. The summed E-state index contributed by atoms with van der Waals surface area (Å²) in [5, 5.41) is 2.77. The summed E-state index contributed by atoms with van der Waals surface area (Å²) in [4.78, 5) is 28.3. The normalized spacial score (nSPS) is 11.8. The highest BCUT2D eigenvalue weighted by Crippen LogP contribution is 2.28. The molecule has 1 N–H and O–H groups in total. The van der Waals surface area contributed by atoms with Gasteiger partial charge in [0.1, 0.15) is 24.1 Å². The third-order valence-corrected chi connectivity index (χ3v) is 8.77. The van der Waals surface area contributed by atoms with Crippen molar-refractivity contribution in [3.8, 4) is 11.5 Å². The zero-order chi connectivity index (χ0) is 31.0. The third kappa shape index (κ3) is 8.02. The van der Waals surface area contributed by atoms with Gasteiger partial charge >= 0.3 is 0 Å². The minimum Gasteiger partial charge on any atom is -0.457 e. The lowest BCUT2D eigenvalue weighted by Gasteiger charge is -2.32. The number of aryl methyl sites for hydroxylation is 2. The Morgan fingerprint density at radius 3 is 1.93 bits per heavy atom. The summed E-state index contributed by atoms with van der Waals surface area (Å²) in [6.07, 6.45) is 0. The standard InChI is InChI=1S/C34H37N3O5S/c1-5-35-34(39)27(4)36(23-28-15-11-25(2)12-16-28)33(38)24-37(43(40,41)32-21-13-26(3)14-22-32)29-17-19-31(20-18-29)42-30-9-7-6-8-10-30/h6-22,27H,5,23-24H2,1-4H3,(H,35,39)/t27-/m1/s1. The Morgan fingerprint density at radius 2 is 1.35 bits per heavy atom. The maximum atomic E-state index is 14.0. The molecule has 0 fully saturated rings. The van der Waals surface area contributed by atoms with Gasteiger partial charge in [0.2, 0.25) is 11.8 Å². The molecular formula is C34H37N3O5S. The lowest BCUT2D eigenvalue weighted by atomic mass is 10.1. The van der Waals surface area contributed by atoms with Gasteiger partial charge in [0.25, 0.3) is 10.0 Å². The molecule has 0 aliphatic rings. The summed E-state index contributed by atoms with van der Waals surface area (Å²) in [5.74, 6) is 0.318. The van der Waals surface area contributed by atoms with Gasteiger partial charge in [-0.25, -0.2) is 8.42 Å². The van der Waals surface area contributed by atoms with Crippen LogP contribution in [0.15, 0.2) is 108 Å². The second-order valence-corrected chi connectivity index (χ2v) is 12.2. The SMILES string of the molecule is CCNC(=O)[C@@H](C)N(Cc1ccc(C)cc1)C(=O)CN(c1ccc(Oc2ccccc2)cc1)S(=O)(=O)c1ccc(C)cc1. The van der Waals surface area contributed by atoms with E-state index >= 15 is 0 Å². The molecule has 0 bridgehead atoms. The number of sulfonamides is 1. The maximum absolute atomic E-state index is 14.0. The lowest BCUT2D eigenvalue weighted by Crippen LogP contribution is -2.51. The van der Waals surface area contributed by atoms with Gasteiger partial charge in [0, 0.05) is 13.1 Å². The fourth-order valence-corrected chi connectivity index (χ4v) is 5.88. The van der Waals surface area contributed by atoms with E-state index in [0.29, 0.717) is 18.0 Å². The number of hydrogen-bond acceptors (Lipinski definition) is 5. The summed E-state index contributed by atoms with van der Waals surface area (Å²) >= 11 is 0. The molecule has 43 heavy (non-hydrogen) atoms. The van der Waals surface area contributed by atoms with E-state index in [2.05, 4.69) is 5.32 Å². The van der Waals surface area contributed by atoms with E-state index in [1.54, 1.807) is 50.2 Å². The van der Waals surface area contributed by atoms with Crippen LogP contribution in [0.2, 0.25) is 0 Å². The van der Waals surface area contributed by atoms with Crippen molar-refractivity contribution in [2.45, 2.75) is 45.2 Å². The van der Waals surface area contributed by atoms with Gasteiger partial charge in [-0.05, 0) is 81.8 Å². The molecule has 0 saturated carbocycles. The number of nitrogens with zero attached hydrogens (tertiary/aromatic N) is 2. The Morgan fingerprint density at radius 1 is 0.791 bits per heavy atom. The predicted molar refractivity (Wildman–Crippen MR) is 169 cm³/mol. The molecule has 224 valence electrons. The van der Waals surface area contributed by atoms with Crippen LogP contribution in [0.25, 0.3) is 0 Å². The van der Waals surface area contributed by atoms with E-state index in [1.807, 2.05) is 68.4 Å². The van der Waals surface area contributed by atoms with Crippen molar-refractivity contribution in [2.75, 3.05) is 17.4 Å². The highest BCUT2D eigenvalue weighted by atomic mass is 32.2. The van der Waals surface area contributed by atoms with Crippen LogP contribution in [-0.4, -0.2) is 44.3 Å². The average Bonchev–Trinajstić information content (AvgIpc) is 3.00. The summed E-state index contributed by atoms with van der Waals surface area (Å²) in [6, 6.07) is 29.1. The first-order valence-corrected chi connectivity index (χ1v) is 15.6. The molecule has 0 saturated heterocycles. The average molecular weight is 600 g/mol. The molecule has 0 aromatic heterocycles. The van der Waals surface area contributed by atoms with Crippen molar-refractivity contribution >= 4 is 27.5 Å². The molecule has 0 radical (unpaired) electrons. The largest absolute Gasteiger partial charge is 0.457 e. The smallest absolute Gasteiger partial charge is 0.264 e. The summed E-state index contributed by atoms with van der Waals surface area (Å²) in [6.45, 7) is 7.32. The maximum Gasteiger partial charge on any atom is 0.264 e. The molecule has 2 amide bonds. The molecular weight excluding hydrogens is 562 g/mol. The first-order valence-electron chi connectivity index (χ1n) is 14.1. The minimum atomic E-state index is -4.16. The lowest BCUT2D eigenvalue weighted by molar-refractivity contribution is -0.139. The number of amides is 2. The number of benzene rings is 4. The fourth-order valence-electron chi connectivity index (χ4n) is 4.47. The number of nitrogens with one attached hydrogen (secondary N) is 1. The highest BCUT2D eigenvalue weighted by Gasteiger charge is 2.32. The van der Waals surface area contributed by atoms with Crippen molar-refractivity contribution in [1.82, 2.24) is 10.2 Å². The van der Waals surface area contributed by atoms with E-state index in [1.165, 1.54) is 17.0 Å². The summed E-state index contributed by atoms with van der Waals surface area (Å²) in [7, 11) is -4.16. The van der Waals surface area contributed by atoms with Gasteiger partial charge in [0.15, 0.2) is 0 Å². The molecule has 4 aromatic carbocycles. The van der Waals surface area contributed by atoms with Crippen LogP contribution in [-0.2, 0) is 26.2 Å². The topological polar surface area (TPSA) is 96.0 Å². The molecule has 8 nitrogen and oxygen atoms in total. The van der Waals surface area contributed by atoms with Crippen LogP contribution < -0.4 is 14.4 Å². The Bertz CT molecular complexity index is 1620. The van der Waals surface area contributed by atoms with Gasteiger partial charge < -0.3 is 15.0 Å². The van der Waals surface area contributed by atoms with Gasteiger partial charge in [-0.1, -0.05) is 65.7 Å². The molecule has 4 aromatic rings. The van der Waals surface area contributed by atoms with E-state index in [4.69, 9.17) is 4.74 Å². The van der Waals surface area contributed by atoms with Crippen molar-refractivity contribution < 1.29 is 22.7 Å². The number of hydrogen-bond donors (Lipinski definition) is 1. The number of carbonyl (C=O) groups excluding carboxylic acids is 2. The molecule has 0 heterocycles. The van der Waals surface area contributed by atoms with Crippen LogP contribution in [0.1, 0.15) is 30.5 Å². The minimum absolute atomic E-state index is 0.0531. The van der Waals surface area contributed by atoms with Crippen LogP contribution in [0.4, 0.5) is 5.69 Å². The van der Waals surface area contributed by atoms with Crippen LogP contribution in [0.3, 0.4) is 0 Å². The second-order valence-electron chi connectivity index (χ2n) is 10.3. The van der Waals surface area contributed by atoms with E-state index in [-0.39, 0.29) is 23.0 Å². The Balaban J connectivity index is 1.70. The molecule has 0 aliphatic heterocycles. The number of likely N-dealkylation sites (N-methyl/N-ethyl adjacent to an activating group) is 1. The van der Waals surface area contributed by atoms with Crippen molar-refractivity contribution in [1.29, 1.82) is 0 Å². The Hall–Kier alpha value is -4.63. The van der Waals surface area contributed by atoms with Crippen molar-refractivity contribution in [3.63, 3.8) is 0 Å². The number of ether oxygens (including phenoxy) is 1. The number of para-hydroxylation sites is 1. The van der Waals surface area contributed by atoms with Crippen molar-refractivity contribution in [2.24, 2.45) is 0 Å². The number of anilines is 1. The summed E-state index contributed by atoms with van der Waals surface area (Å²) in [5.41, 5.74) is 3.08. The molecule has 1 atom stereocenters. The monoisotopic (exact) mass is 599 g/mol. The zero-order valence-corrected chi connectivity index (χ0v) is 25.7. The van der Waals surface area contributed by atoms with Crippen LogP contribution in [0, 0.1) is 13.8 Å². The quantitative estimate of drug-likeness (QED) is 0.221. The Kier molecular flexibility index (Phi) is 10.2. The number of carbonyl (C=O) groups is 2. The van der Waals surface area contributed by atoms with Gasteiger partial charge in [-0.3, -0.25) is 13.9 Å². The Labute approximate surface area is 254 Å². The van der Waals surface area contributed by atoms with E-state index in [9.17, 15) is 18.0 Å². The molecule has 0 aliphatic carbocycles. The van der Waals surface area contributed by atoms with Crippen LogP contribution >= 0.6 is 0 Å². The molecule has 4 rings (SSSR count). The van der Waals surface area contributed by atoms with E-state index < -0.39 is 28.5 Å². The van der Waals surface area contributed by atoms with Crippen molar-refractivity contribution in [3.05, 3.63) is 120 Å².